The van der Waals surface area contributed by atoms with Gasteiger partial charge in [0, 0.05) is 0 Å². The van der Waals surface area contributed by atoms with E-state index in [-0.39, 0.29) is 6.15 Å². The van der Waals surface area contributed by atoms with E-state index in [1.165, 1.54) is 101 Å². The van der Waals surface area contributed by atoms with E-state index in [1.807, 2.05) is 0 Å². The van der Waals surface area contributed by atoms with Crippen LogP contribution in [-0.4, -0.2) is 11.5 Å². The second-order valence-electron chi connectivity index (χ2n) is 6.06. The predicted octanol–water partition coefficient (Wildman–Crippen LogP) is 7.59. The van der Waals surface area contributed by atoms with Gasteiger partial charge in [0.25, 0.3) is 0 Å². The van der Waals surface area contributed by atoms with Gasteiger partial charge in [-0.2, -0.15) is 11.8 Å². The fourth-order valence-electron chi connectivity index (χ4n) is 2.60. The van der Waals surface area contributed by atoms with Crippen molar-refractivity contribution in [2.75, 3.05) is 11.5 Å². The van der Waals surface area contributed by atoms with Gasteiger partial charge in [0.1, 0.15) is 0 Å². The van der Waals surface area contributed by atoms with E-state index in [9.17, 15) is 0 Å². The Hall–Kier alpha value is 0.310. The van der Waals surface area contributed by atoms with Crippen molar-refractivity contribution in [3.8, 4) is 0 Å². The fraction of sp³-hybridized carbons (Fsp3) is 0.947. The fourth-order valence-corrected chi connectivity index (χ4v) is 3.42. The van der Waals surface area contributed by atoms with E-state index < -0.39 is 0 Å². The van der Waals surface area contributed by atoms with Crippen molar-refractivity contribution in [2.45, 2.75) is 103 Å². The maximum Gasteiger partial charge on any atom is -0.00675 e. The molecule has 3 N–H and O–H groups in total. The van der Waals surface area contributed by atoms with Gasteiger partial charge < -0.3 is 6.15 Å². The molecule has 0 aliphatic heterocycles. The Kier molecular flexibility index (Phi) is 25.4. The van der Waals surface area contributed by atoms with Crippen LogP contribution in [0.5, 0.6) is 0 Å². The van der Waals surface area contributed by atoms with Crippen molar-refractivity contribution >= 4 is 11.8 Å². The Morgan fingerprint density at radius 1 is 0.571 bits per heavy atom. The lowest BCUT2D eigenvalue weighted by atomic mass is 10.0. The zero-order valence-corrected chi connectivity index (χ0v) is 15.7. The Morgan fingerprint density at radius 2 is 0.952 bits per heavy atom. The zero-order chi connectivity index (χ0) is 14.7. The van der Waals surface area contributed by atoms with Crippen LogP contribution in [0.25, 0.3) is 0 Å². The van der Waals surface area contributed by atoms with Crippen LogP contribution >= 0.6 is 11.8 Å². The standard InChI is InChI=1S/C19H39S.H3N/c1-3-5-6-7-8-9-10-11-12-13-14-15-16-17-19-20-18-4-2;/h2-19H2,1H3;1H3. The normalized spacial score (nSPS) is 10.6. The molecule has 0 unspecified atom stereocenters. The summed E-state index contributed by atoms with van der Waals surface area (Å²) in [7, 11) is 0. The molecule has 2 heteroatoms. The highest BCUT2D eigenvalue weighted by molar-refractivity contribution is 7.99. The number of hydrogen-bond donors (Lipinski definition) is 1. The molecule has 0 amide bonds. The van der Waals surface area contributed by atoms with Crippen LogP contribution in [0.2, 0.25) is 0 Å². The van der Waals surface area contributed by atoms with Gasteiger partial charge >= 0.3 is 0 Å². The van der Waals surface area contributed by atoms with Crippen LogP contribution in [0.1, 0.15) is 103 Å². The first-order valence-electron chi connectivity index (χ1n) is 9.28. The van der Waals surface area contributed by atoms with Gasteiger partial charge in [-0.15, -0.1) is 0 Å². The summed E-state index contributed by atoms with van der Waals surface area (Å²) in [6, 6.07) is 0. The van der Waals surface area contributed by atoms with E-state index in [1.54, 1.807) is 0 Å². The van der Waals surface area contributed by atoms with Gasteiger partial charge in [0.2, 0.25) is 0 Å². The van der Waals surface area contributed by atoms with Crippen molar-refractivity contribution in [1.29, 1.82) is 0 Å². The molecule has 0 aromatic carbocycles. The molecule has 1 radical (unpaired) electrons. The summed E-state index contributed by atoms with van der Waals surface area (Å²) < 4.78 is 0. The Bertz CT molecular complexity index is 144. The molecule has 0 fully saturated rings. The lowest BCUT2D eigenvalue weighted by Gasteiger charge is -2.03. The molecule has 0 saturated heterocycles. The number of thioether (sulfide) groups is 1. The third kappa shape index (κ3) is 22.7. The van der Waals surface area contributed by atoms with Crippen LogP contribution in [0.15, 0.2) is 0 Å². The highest BCUT2D eigenvalue weighted by Crippen LogP contribution is 2.14. The average Bonchev–Trinajstić information content (AvgIpc) is 2.47. The number of rotatable bonds is 17. The molecule has 0 aromatic rings. The minimum atomic E-state index is 0. The van der Waals surface area contributed by atoms with Gasteiger partial charge in [0.15, 0.2) is 0 Å². The summed E-state index contributed by atoms with van der Waals surface area (Å²) in [5.41, 5.74) is 0. The van der Waals surface area contributed by atoms with E-state index >= 15 is 0 Å². The van der Waals surface area contributed by atoms with Gasteiger partial charge in [-0.25, -0.2) is 0 Å². The predicted molar refractivity (Wildman–Crippen MR) is 103 cm³/mol. The van der Waals surface area contributed by atoms with Crippen molar-refractivity contribution in [3.05, 3.63) is 6.92 Å². The molecule has 129 valence electrons. The molecule has 0 spiro atoms. The van der Waals surface area contributed by atoms with Gasteiger partial charge in [-0.3, -0.25) is 0 Å². The highest BCUT2D eigenvalue weighted by atomic mass is 32.2. The zero-order valence-electron chi connectivity index (χ0n) is 14.8. The van der Waals surface area contributed by atoms with Crippen LogP contribution < -0.4 is 6.15 Å². The Labute approximate surface area is 140 Å². The van der Waals surface area contributed by atoms with Crippen molar-refractivity contribution in [3.63, 3.8) is 0 Å². The summed E-state index contributed by atoms with van der Waals surface area (Å²) in [6.07, 6.45) is 21.5. The first-order valence-corrected chi connectivity index (χ1v) is 10.4. The minimum absolute atomic E-state index is 0. The molecule has 0 atom stereocenters. The van der Waals surface area contributed by atoms with Crippen LogP contribution in [0, 0.1) is 6.92 Å². The summed E-state index contributed by atoms with van der Waals surface area (Å²) in [4.78, 5) is 0. The van der Waals surface area contributed by atoms with Gasteiger partial charge in [0.05, 0.1) is 0 Å². The first-order chi connectivity index (χ1) is 9.91. The molecular formula is C19H42NS. The molecule has 21 heavy (non-hydrogen) atoms. The molecule has 0 bridgehead atoms. The molecule has 1 nitrogen and oxygen atoms in total. The van der Waals surface area contributed by atoms with Crippen LogP contribution in [0.4, 0.5) is 0 Å². The Balaban J connectivity index is 0. The first kappa shape index (κ1) is 23.6. The number of hydrogen-bond acceptors (Lipinski definition) is 2. The second kappa shape index (κ2) is 22.6. The van der Waals surface area contributed by atoms with Gasteiger partial charge in [-0.05, 0) is 24.3 Å². The molecular weight excluding hydrogens is 274 g/mol. The van der Waals surface area contributed by atoms with E-state index in [4.69, 9.17) is 0 Å². The maximum atomic E-state index is 3.87. The summed E-state index contributed by atoms with van der Waals surface area (Å²) in [5, 5.41) is 0. The van der Waals surface area contributed by atoms with Crippen molar-refractivity contribution in [2.24, 2.45) is 0 Å². The average molecular weight is 317 g/mol. The lowest BCUT2D eigenvalue weighted by molar-refractivity contribution is 0.538. The minimum Gasteiger partial charge on any atom is -0.344 e. The maximum absolute atomic E-state index is 3.87. The van der Waals surface area contributed by atoms with Crippen molar-refractivity contribution < 1.29 is 0 Å². The van der Waals surface area contributed by atoms with E-state index in [2.05, 4.69) is 25.6 Å². The SMILES string of the molecule is N.[CH2]CCSCCCCCCCCCCCCCCCC. The third-order valence-corrected chi connectivity index (χ3v) is 5.09. The molecule has 0 rings (SSSR count). The van der Waals surface area contributed by atoms with Crippen molar-refractivity contribution in [1.82, 2.24) is 6.15 Å². The van der Waals surface area contributed by atoms with E-state index in [0.29, 0.717) is 0 Å². The molecule has 0 saturated carbocycles. The monoisotopic (exact) mass is 316 g/mol. The van der Waals surface area contributed by atoms with Crippen LogP contribution in [0.3, 0.4) is 0 Å². The molecule has 0 heterocycles. The summed E-state index contributed by atoms with van der Waals surface area (Å²) in [5.74, 6) is 2.60. The van der Waals surface area contributed by atoms with Gasteiger partial charge in [-0.1, -0.05) is 97.3 Å². The largest absolute Gasteiger partial charge is 0.344 e. The molecule has 0 aliphatic rings. The topological polar surface area (TPSA) is 35.0 Å². The quantitative estimate of drug-likeness (QED) is 0.280. The highest BCUT2D eigenvalue weighted by Gasteiger charge is 1.94. The Morgan fingerprint density at radius 3 is 1.33 bits per heavy atom. The second-order valence-corrected chi connectivity index (χ2v) is 7.29. The molecule has 0 aromatic heterocycles. The summed E-state index contributed by atoms with van der Waals surface area (Å²) in [6.45, 7) is 6.17. The van der Waals surface area contributed by atoms with E-state index in [0.717, 1.165) is 6.42 Å². The lowest BCUT2D eigenvalue weighted by Crippen LogP contribution is -1.85. The smallest absolute Gasteiger partial charge is 0.00675 e. The third-order valence-electron chi connectivity index (χ3n) is 3.93. The van der Waals surface area contributed by atoms with Crippen LogP contribution in [-0.2, 0) is 0 Å². The number of unbranched alkanes of at least 4 members (excludes halogenated alkanes) is 13. The molecule has 0 aliphatic carbocycles. The summed E-state index contributed by atoms with van der Waals surface area (Å²) >= 11 is 2.07.